The molecule has 0 saturated carbocycles. The lowest BCUT2D eigenvalue weighted by Gasteiger charge is -2.20. The molecule has 4 heteroatoms. The van der Waals surface area contributed by atoms with Crippen molar-refractivity contribution in [3.8, 4) is 11.5 Å². The van der Waals surface area contributed by atoms with Gasteiger partial charge in [-0.15, -0.1) is 0 Å². The van der Waals surface area contributed by atoms with Gasteiger partial charge in [0, 0.05) is 13.2 Å². The third-order valence-corrected chi connectivity index (χ3v) is 5.03. The van der Waals surface area contributed by atoms with Crippen LogP contribution >= 0.6 is 0 Å². The molecule has 1 aromatic carbocycles. The molecule has 2 aliphatic rings. The number of nitrogens with one attached hydrogen (secondary N) is 1. The molecule has 2 unspecified atom stereocenters. The van der Waals surface area contributed by atoms with Gasteiger partial charge in [0.15, 0.2) is 11.5 Å². The van der Waals surface area contributed by atoms with Gasteiger partial charge in [0.1, 0.15) is 0 Å². The van der Waals surface area contributed by atoms with Crippen LogP contribution in [-0.2, 0) is 4.74 Å². The first-order valence-electron chi connectivity index (χ1n) is 9.44. The fourth-order valence-corrected chi connectivity index (χ4v) is 3.52. The van der Waals surface area contributed by atoms with Crippen molar-refractivity contribution in [3.05, 3.63) is 23.8 Å². The summed E-state index contributed by atoms with van der Waals surface area (Å²) in [4.78, 5) is 0. The molecule has 2 aliphatic heterocycles. The molecule has 0 aliphatic carbocycles. The maximum absolute atomic E-state index is 5.68. The van der Waals surface area contributed by atoms with E-state index >= 15 is 0 Å². The van der Waals surface area contributed by atoms with Crippen molar-refractivity contribution in [1.29, 1.82) is 0 Å². The highest BCUT2D eigenvalue weighted by molar-refractivity contribution is 5.45. The van der Waals surface area contributed by atoms with Gasteiger partial charge >= 0.3 is 0 Å². The zero-order valence-corrected chi connectivity index (χ0v) is 15.1. The average molecular weight is 333 g/mol. The van der Waals surface area contributed by atoms with E-state index in [4.69, 9.17) is 14.2 Å². The lowest BCUT2D eigenvalue weighted by molar-refractivity contribution is 0.110. The lowest BCUT2D eigenvalue weighted by Crippen LogP contribution is -2.27. The number of rotatable bonds is 9. The standard InChI is InChI=1S/C20H31NO3/c1-15(2)5-6-16(9-10-21-13-18-4-3-11-22-18)17-7-8-19-20(12-17)24-14-23-19/h7-8,12,15-16,18,21H,3-6,9-11,13-14H2,1-2H3. The molecule has 1 fully saturated rings. The van der Waals surface area contributed by atoms with Crippen molar-refractivity contribution in [2.24, 2.45) is 5.92 Å². The van der Waals surface area contributed by atoms with Crippen LogP contribution in [0.3, 0.4) is 0 Å². The Balaban J connectivity index is 1.53. The van der Waals surface area contributed by atoms with Crippen molar-refractivity contribution in [3.63, 3.8) is 0 Å². The Hall–Kier alpha value is -1.26. The molecule has 1 aromatic rings. The number of benzene rings is 1. The minimum Gasteiger partial charge on any atom is -0.454 e. The third-order valence-electron chi connectivity index (χ3n) is 5.03. The Bertz CT molecular complexity index is 512. The summed E-state index contributed by atoms with van der Waals surface area (Å²) in [5.74, 6) is 3.08. The highest BCUT2D eigenvalue weighted by atomic mass is 16.7. The van der Waals surface area contributed by atoms with E-state index in [2.05, 4.69) is 37.4 Å². The summed E-state index contributed by atoms with van der Waals surface area (Å²) >= 11 is 0. The van der Waals surface area contributed by atoms with E-state index in [-0.39, 0.29) is 0 Å². The SMILES string of the molecule is CC(C)CCC(CCNCC1CCCO1)c1ccc2c(c1)OCO2. The van der Waals surface area contributed by atoms with Crippen LogP contribution in [0.1, 0.15) is 57.4 Å². The van der Waals surface area contributed by atoms with Crippen molar-refractivity contribution in [2.75, 3.05) is 26.5 Å². The van der Waals surface area contributed by atoms with E-state index in [0.717, 1.165) is 43.5 Å². The maximum Gasteiger partial charge on any atom is 0.231 e. The first kappa shape index (κ1) is 17.6. The quantitative estimate of drug-likeness (QED) is 0.691. The van der Waals surface area contributed by atoms with Crippen LogP contribution in [0, 0.1) is 5.92 Å². The first-order valence-corrected chi connectivity index (χ1v) is 9.44. The van der Waals surface area contributed by atoms with Gasteiger partial charge in [-0.1, -0.05) is 26.3 Å². The molecule has 1 saturated heterocycles. The van der Waals surface area contributed by atoms with Crippen LogP contribution in [0.5, 0.6) is 11.5 Å². The Morgan fingerprint density at radius 2 is 2.00 bits per heavy atom. The van der Waals surface area contributed by atoms with E-state index < -0.39 is 0 Å². The van der Waals surface area contributed by atoms with Crippen molar-refractivity contribution >= 4 is 0 Å². The van der Waals surface area contributed by atoms with Crippen LogP contribution in [0.4, 0.5) is 0 Å². The van der Waals surface area contributed by atoms with E-state index in [1.807, 2.05) is 0 Å². The lowest BCUT2D eigenvalue weighted by atomic mass is 9.88. The Labute approximate surface area is 145 Å². The smallest absolute Gasteiger partial charge is 0.231 e. The maximum atomic E-state index is 5.68. The molecule has 24 heavy (non-hydrogen) atoms. The largest absolute Gasteiger partial charge is 0.454 e. The van der Waals surface area contributed by atoms with Crippen LogP contribution in [0.15, 0.2) is 18.2 Å². The second kappa shape index (κ2) is 8.72. The second-order valence-corrected chi connectivity index (χ2v) is 7.41. The minimum atomic E-state index is 0.346. The number of hydrogen-bond donors (Lipinski definition) is 1. The zero-order chi connectivity index (χ0) is 16.8. The molecular formula is C20H31NO3. The van der Waals surface area contributed by atoms with Crippen molar-refractivity contribution in [1.82, 2.24) is 5.32 Å². The van der Waals surface area contributed by atoms with Gasteiger partial charge in [0.05, 0.1) is 6.10 Å². The van der Waals surface area contributed by atoms with Crippen molar-refractivity contribution in [2.45, 2.75) is 58.0 Å². The van der Waals surface area contributed by atoms with Crippen LogP contribution < -0.4 is 14.8 Å². The molecule has 3 rings (SSSR count). The number of hydrogen-bond acceptors (Lipinski definition) is 4. The highest BCUT2D eigenvalue weighted by Gasteiger charge is 2.19. The summed E-state index contributed by atoms with van der Waals surface area (Å²) < 4.78 is 16.7. The summed E-state index contributed by atoms with van der Waals surface area (Å²) in [5, 5.41) is 3.59. The predicted molar refractivity (Wildman–Crippen MR) is 95.8 cm³/mol. The average Bonchev–Trinajstić information content (AvgIpc) is 3.24. The summed E-state index contributed by atoms with van der Waals surface area (Å²) in [5.41, 5.74) is 1.37. The van der Waals surface area contributed by atoms with Crippen molar-refractivity contribution < 1.29 is 14.2 Å². The van der Waals surface area contributed by atoms with Crippen LogP contribution in [0.2, 0.25) is 0 Å². The van der Waals surface area contributed by atoms with Crippen LogP contribution in [-0.4, -0.2) is 32.6 Å². The fraction of sp³-hybridized carbons (Fsp3) is 0.700. The number of fused-ring (bicyclic) bond motifs is 1. The molecule has 1 N–H and O–H groups in total. The van der Waals surface area contributed by atoms with Gasteiger partial charge in [0.2, 0.25) is 6.79 Å². The molecule has 0 bridgehead atoms. The zero-order valence-electron chi connectivity index (χ0n) is 15.1. The molecule has 0 amide bonds. The predicted octanol–water partition coefficient (Wildman–Crippen LogP) is 4.09. The van der Waals surface area contributed by atoms with E-state index in [1.54, 1.807) is 0 Å². The fourth-order valence-electron chi connectivity index (χ4n) is 3.52. The molecule has 2 heterocycles. The summed E-state index contributed by atoms with van der Waals surface area (Å²) in [6.07, 6.45) is 6.46. The number of ether oxygens (including phenoxy) is 3. The van der Waals surface area contributed by atoms with E-state index in [1.165, 1.54) is 31.2 Å². The van der Waals surface area contributed by atoms with Gasteiger partial charge in [-0.25, -0.2) is 0 Å². The van der Waals surface area contributed by atoms with E-state index in [0.29, 0.717) is 18.8 Å². The van der Waals surface area contributed by atoms with Gasteiger partial charge in [-0.3, -0.25) is 0 Å². The summed E-state index contributed by atoms with van der Waals surface area (Å²) in [7, 11) is 0. The molecule has 4 nitrogen and oxygen atoms in total. The summed E-state index contributed by atoms with van der Waals surface area (Å²) in [6.45, 7) is 7.90. The molecule has 0 spiro atoms. The van der Waals surface area contributed by atoms with Gasteiger partial charge in [0.25, 0.3) is 0 Å². The minimum absolute atomic E-state index is 0.346. The van der Waals surface area contributed by atoms with Crippen LogP contribution in [0.25, 0.3) is 0 Å². The Morgan fingerprint density at radius 3 is 2.79 bits per heavy atom. The monoisotopic (exact) mass is 333 g/mol. The molecule has 0 radical (unpaired) electrons. The first-order chi connectivity index (χ1) is 11.7. The third kappa shape index (κ3) is 4.87. The highest BCUT2D eigenvalue weighted by Crippen LogP contribution is 2.37. The van der Waals surface area contributed by atoms with E-state index in [9.17, 15) is 0 Å². The molecule has 2 atom stereocenters. The molecule has 134 valence electrons. The molecule has 0 aromatic heterocycles. The topological polar surface area (TPSA) is 39.7 Å². The Kier molecular flexibility index (Phi) is 6.38. The van der Waals surface area contributed by atoms with Gasteiger partial charge in [-0.05, 0) is 61.8 Å². The molecular weight excluding hydrogens is 302 g/mol. The Morgan fingerprint density at radius 1 is 1.12 bits per heavy atom. The summed E-state index contributed by atoms with van der Waals surface area (Å²) in [6, 6.07) is 6.44. The normalized spacial score (nSPS) is 20.7. The van der Waals surface area contributed by atoms with Gasteiger partial charge in [-0.2, -0.15) is 0 Å². The second-order valence-electron chi connectivity index (χ2n) is 7.41. The van der Waals surface area contributed by atoms with Gasteiger partial charge < -0.3 is 19.5 Å².